The average molecular weight is 178 g/mol. The van der Waals surface area contributed by atoms with E-state index in [1.807, 2.05) is 6.92 Å². The summed E-state index contributed by atoms with van der Waals surface area (Å²) in [6.45, 7) is 2.30. The molecule has 0 aliphatic carbocycles. The molecular formula is C10H10O3. The number of hydrogen-bond donors (Lipinski definition) is 0. The van der Waals surface area contributed by atoms with Gasteiger partial charge in [-0.1, -0.05) is 6.07 Å². The summed E-state index contributed by atoms with van der Waals surface area (Å²) >= 11 is 0. The Labute approximate surface area is 76.3 Å². The van der Waals surface area contributed by atoms with Crippen LogP contribution >= 0.6 is 0 Å². The summed E-state index contributed by atoms with van der Waals surface area (Å²) in [5.74, 6) is 0.460. The van der Waals surface area contributed by atoms with Gasteiger partial charge in [0.15, 0.2) is 6.29 Å². The van der Waals surface area contributed by atoms with Crippen molar-refractivity contribution in [3.05, 3.63) is 29.3 Å². The SMILES string of the molecule is CCOc1cc(C=O)ccc1C=O. The van der Waals surface area contributed by atoms with E-state index in [1.54, 1.807) is 18.2 Å². The largest absolute Gasteiger partial charge is 0.493 e. The van der Waals surface area contributed by atoms with Crippen molar-refractivity contribution in [2.75, 3.05) is 6.61 Å². The molecule has 0 N–H and O–H groups in total. The Morgan fingerprint density at radius 2 is 2.08 bits per heavy atom. The molecule has 0 saturated heterocycles. The Bertz CT molecular complexity index is 318. The number of benzene rings is 1. The molecule has 0 aromatic heterocycles. The molecule has 0 atom stereocenters. The average Bonchev–Trinajstić information content (AvgIpc) is 2.18. The van der Waals surface area contributed by atoms with E-state index in [1.165, 1.54) is 0 Å². The number of carbonyl (C=O) groups excluding carboxylic acids is 2. The van der Waals surface area contributed by atoms with Crippen LogP contribution in [0.2, 0.25) is 0 Å². The lowest BCUT2D eigenvalue weighted by atomic mass is 10.1. The molecule has 13 heavy (non-hydrogen) atoms. The first kappa shape index (κ1) is 9.45. The van der Waals surface area contributed by atoms with Crippen LogP contribution < -0.4 is 4.74 Å². The fraction of sp³-hybridized carbons (Fsp3) is 0.200. The van der Waals surface area contributed by atoms with E-state index in [0.717, 1.165) is 6.29 Å². The van der Waals surface area contributed by atoms with Crippen LogP contribution in [-0.4, -0.2) is 19.2 Å². The van der Waals surface area contributed by atoms with Crippen LogP contribution in [0.4, 0.5) is 0 Å². The molecule has 3 heteroatoms. The molecule has 0 radical (unpaired) electrons. The molecule has 1 rings (SSSR count). The van der Waals surface area contributed by atoms with E-state index in [0.29, 0.717) is 29.8 Å². The van der Waals surface area contributed by atoms with Gasteiger partial charge in [0.25, 0.3) is 0 Å². The van der Waals surface area contributed by atoms with Crippen LogP contribution in [0.3, 0.4) is 0 Å². The number of aldehydes is 2. The molecular weight excluding hydrogens is 168 g/mol. The van der Waals surface area contributed by atoms with E-state index < -0.39 is 0 Å². The summed E-state index contributed by atoms with van der Waals surface area (Å²) < 4.78 is 5.18. The van der Waals surface area contributed by atoms with Crippen LogP contribution in [0.15, 0.2) is 18.2 Å². The maximum atomic E-state index is 10.5. The van der Waals surface area contributed by atoms with Gasteiger partial charge in [0.2, 0.25) is 0 Å². The van der Waals surface area contributed by atoms with Crippen molar-refractivity contribution in [1.82, 2.24) is 0 Å². The first-order chi connectivity index (χ1) is 6.31. The Morgan fingerprint density at radius 3 is 2.62 bits per heavy atom. The van der Waals surface area contributed by atoms with Crippen molar-refractivity contribution < 1.29 is 14.3 Å². The van der Waals surface area contributed by atoms with Crippen LogP contribution in [-0.2, 0) is 0 Å². The van der Waals surface area contributed by atoms with Crippen molar-refractivity contribution in [2.45, 2.75) is 6.92 Å². The highest BCUT2D eigenvalue weighted by atomic mass is 16.5. The summed E-state index contributed by atoms with van der Waals surface area (Å²) in [4.78, 5) is 21.0. The molecule has 1 aromatic rings. The lowest BCUT2D eigenvalue weighted by Crippen LogP contribution is -1.96. The minimum atomic E-state index is 0.460. The second kappa shape index (κ2) is 4.40. The zero-order valence-corrected chi connectivity index (χ0v) is 7.32. The smallest absolute Gasteiger partial charge is 0.153 e. The third kappa shape index (κ3) is 2.15. The first-order valence-electron chi connectivity index (χ1n) is 3.99. The van der Waals surface area contributed by atoms with Crippen molar-refractivity contribution in [1.29, 1.82) is 0 Å². The normalized spacial score (nSPS) is 9.31. The second-order valence-corrected chi connectivity index (χ2v) is 2.47. The van der Waals surface area contributed by atoms with Crippen LogP contribution in [0, 0.1) is 0 Å². The van der Waals surface area contributed by atoms with E-state index in [4.69, 9.17) is 4.74 Å². The molecule has 1 aromatic carbocycles. The summed E-state index contributed by atoms with van der Waals surface area (Å²) in [6.07, 6.45) is 1.43. The topological polar surface area (TPSA) is 43.4 Å². The van der Waals surface area contributed by atoms with Crippen molar-refractivity contribution >= 4 is 12.6 Å². The number of hydrogen-bond acceptors (Lipinski definition) is 3. The van der Waals surface area contributed by atoms with Gasteiger partial charge in [0, 0.05) is 5.56 Å². The predicted molar refractivity (Wildman–Crippen MR) is 48.4 cm³/mol. The lowest BCUT2D eigenvalue weighted by Gasteiger charge is -2.05. The molecule has 68 valence electrons. The Hall–Kier alpha value is -1.64. The van der Waals surface area contributed by atoms with Crippen molar-refractivity contribution in [3.8, 4) is 5.75 Å². The van der Waals surface area contributed by atoms with Crippen molar-refractivity contribution in [2.24, 2.45) is 0 Å². The van der Waals surface area contributed by atoms with Gasteiger partial charge in [-0.3, -0.25) is 9.59 Å². The molecule has 0 heterocycles. The quantitative estimate of drug-likeness (QED) is 0.659. The van der Waals surface area contributed by atoms with Gasteiger partial charge in [-0.05, 0) is 19.1 Å². The maximum absolute atomic E-state index is 10.5. The minimum Gasteiger partial charge on any atom is -0.493 e. The zero-order chi connectivity index (χ0) is 9.68. The fourth-order valence-electron chi connectivity index (χ4n) is 1.00. The Balaban J connectivity index is 3.09. The van der Waals surface area contributed by atoms with Gasteiger partial charge in [0.05, 0.1) is 12.2 Å². The summed E-state index contributed by atoms with van der Waals surface area (Å²) in [5, 5.41) is 0. The van der Waals surface area contributed by atoms with Gasteiger partial charge >= 0.3 is 0 Å². The molecule has 0 spiro atoms. The van der Waals surface area contributed by atoms with Crippen molar-refractivity contribution in [3.63, 3.8) is 0 Å². The lowest BCUT2D eigenvalue weighted by molar-refractivity contribution is 0.110. The van der Waals surface area contributed by atoms with Crippen LogP contribution in [0.5, 0.6) is 5.75 Å². The first-order valence-corrected chi connectivity index (χ1v) is 3.99. The molecule has 0 fully saturated rings. The number of ether oxygens (including phenoxy) is 1. The maximum Gasteiger partial charge on any atom is 0.153 e. The molecule has 0 unspecified atom stereocenters. The monoisotopic (exact) mass is 178 g/mol. The van der Waals surface area contributed by atoms with Gasteiger partial charge in [-0.15, -0.1) is 0 Å². The Kier molecular flexibility index (Phi) is 3.20. The van der Waals surface area contributed by atoms with Crippen LogP contribution in [0.25, 0.3) is 0 Å². The standard InChI is InChI=1S/C10H10O3/c1-2-13-10-5-8(6-11)3-4-9(10)7-12/h3-7H,2H2,1H3. The van der Waals surface area contributed by atoms with Gasteiger partial charge < -0.3 is 4.74 Å². The highest BCUT2D eigenvalue weighted by Gasteiger charge is 2.02. The molecule has 0 bridgehead atoms. The Morgan fingerprint density at radius 1 is 1.31 bits per heavy atom. The van der Waals surface area contributed by atoms with E-state index in [-0.39, 0.29) is 0 Å². The second-order valence-electron chi connectivity index (χ2n) is 2.47. The highest BCUT2D eigenvalue weighted by Crippen LogP contribution is 2.17. The van der Waals surface area contributed by atoms with Gasteiger partial charge in [-0.2, -0.15) is 0 Å². The van der Waals surface area contributed by atoms with Crippen LogP contribution in [0.1, 0.15) is 27.6 Å². The molecule has 3 nitrogen and oxygen atoms in total. The fourth-order valence-corrected chi connectivity index (χ4v) is 1.00. The number of carbonyl (C=O) groups is 2. The third-order valence-electron chi connectivity index (χ3n) is 1.60. The molecule has 0 amide bonds. The molecule has 0 aliphatic heterocycles. The van der Waals surface area contributed by atoms with E-state index in [9.17, 15) is 9.59 Å². The zero-order valence-electron chi connectivity index (χ0n) is 7.32. The predicted octanol–water partition coefficient (Wildman–Crippen LogP) is 1.71. The summed E-state index contributed by atoms with van der Waals surface area (Å²) in [6, 6.07) is 4.71. The molecule has 0 aliphatic rings. The third-order valence-corrected chi connectivity index (χ3v) is 1.60. The number of rotatable bonds is 4. The van der Waals surface area contributed by atoms with Gasteiger partial charge in [-0.25, -0.2) is 0 Å². The highest BCUT2D eigenvalue weighted by molar-refractivity contribution is 5.83. The summed E-state index contributed by atoms with van der Waals surface area (Å²) in [5.41, 5.74) is 0.974. The van der Waals surface area contributed by atoms with E-state index >= 15 is 0 Å². The minimum absolute atomic E-state index is 0.460. The molecule has 0 saturated carbocycles. The van der Waals surface area contributed by atoms with E-state index in [2.05, 4.69) is 0 Å². The summed E-state index contributed by atoms with van der Waals surface area (Å²) in [7, 11) is 0. The van der Waals surface area contributed by atoms with Gasteiger partial charge in [0.1, 0.15) is 12.0 Å².